The largest absolute Gasteiger partial charge is 0.454 e. The minimum Gasteiger partial charge on any atom is -0.454 e. The Balaban J connectivity index is 1.72. The van der Waals surface area contributed by atoms with Gasteiger partial charge in [0.1, 0.15) is 0 Å². The van der Waals surface area contributed by atoms with Crippen molar-refractivity contribution in [3.63, 3.8) is 0 Å². The third-order valence-corrected chi connectivity index (χ3v) is 5.93. The van der Waals surface area contributed by atoms with Crippen molar-refractivity contribution in [1.82, 2.24) is 9.88 Å². The van der Waals surface area contributed by atoms with E-state index in [0.717, 1.165) is 34.0 Å². The predicted molar refractivity (Wildman–Crippen MR) is 119 cm³/mol. The Hall–Kier alpha value is -2.48. The van der Waals surface area contributed by atoms with Gasteiger partial charge in [-0.15, -0.1) is 11.3 Å². The smallest absolute Gasteiger partial charge is 0.231 e. The maximum Gasteiger partial charge on any atom is 0.231 e. The molecule has 0 bridgehead atoms. The number of rotatable bonds is 6. The number of nitrogens with one attached hydrogen (secondary N) is 1. The van der Waals surface area contributed by atoms with Crippen molar-refractivity contribution >= 4 is 46.1 Å². The van der Waals surface area contributed by atoms with Crippen LogP contribution in [0.25, 0.3) is 11.3 Å². The number of carbonyl (C=O) groups is 1. The third-order valence-electron chi connectivity index (χ3n) is 4.52. The molecule has 0 saturated heterocycles. The van der Waals surface area contributed by atoms with Gasteiger partial charge in [-0.05, 0) is 42.8 Å². The van der Waals surface area contributed by atoms with E-state index in [9.17, 15) is 4.79 Å². The fourth-order valence-corrected chi connectivity index (χ4v) is 4.50. The van der Waals surface area contributed by atoms with Crippen LogP contribution in [0.3, 0.4) is 0 Å². The van der Waals surface area contributed by atoms with Crippen LogP contribution in [0.15, 0.2) is 46.8 Å². The van der Waals surface area contributed by atoms with Gasteiger partial charge in [0, 0.05) is 36.0 Å². The summed E-state index contributed by atoms with van der Waals surface area (Å²) in [5, 5.41) is 5.94. The molecule has 2 aromatic carbocycles. The van der Waals surface area contributed by atoms with Crippen LogP contribution >= 0.6 is 34.5 Å². The molecule has 0 unspecified atom stereocenters. The minimum atomic E-state index is -0.0424. The first kappa shape index (κ1) is 20.8. The highest BCUT2D eigenvalue weighted by Gasteiger charge is 2.16. The van der Waals surface area contributed by atoms with Gasteiger partial charge in [-0.25, -0.2) is 4.99 Å². The monoisotopic (exact) mass is 463 g/mol. The van der Waals surface area contributed by atoms with Gasteiger partial charge in [0.15, 0.2) is 16.3 Å². The van der Waals surface area contributed by atoms with E-state index in [2.05, 4.69) is 15.3 Å². The van der Waals surface area contributed by atoms with E-state index < -0.39 is 0 Å². The van der Waals surface area contributed by atoms with Crippen molar-refractivity contribution in [1.29, 1.82) is 0 Å². The SMILES string of the molecule is CC(=O)NCCCn1c(-c2ccc3c(c2)OCO3)cs/c1=N\c1ccc(Cl)cc1Cl. The number of hydrogen-bond acceptors (Lipinski definition) is 5. The van der Waals surface area contributed by atoms with Crippen LogP contribution in [-0.2, 0) is 11.3 Å². The number of halogens is 2. The Kier molecular flexibility index (Phi) is 6.32. The molecule has 0 radical (unpaired) electrons. The topological polar surface area (TPSA) is 64.9 Å². The molecule has 4 rings (SSSR count). The molecule has 6 nitrogen and oxygen atoms in total. The number of amides is 1. The molecule has 1 aliphatic rings. The number of carbonyl (C=O) groups excluding carboxylic acids is 1. The predicted octanol–water partition coefficient (Wildman–Crippen LogP) is 5.01. The summed E-state index contributed by atoms with van der Waals surface area (Å²) in [5.41, 5.74) is 2.65. The number of hydrogen-bond donors (Lipinski definition) is 1. The van der Waals surface area contributed by atoms with Gasteiger partial charge in [-0.3, -0.25) is 4.79 Å². The number of nitrogens with zero attached hydrogens (tertiary/aromatic N) is 2. The Bertz CT molecular complexity index is 1160. The van der Waals surface area contributed by atoms with Crippen molar-refractivity contribution in [2.24, 2.45) is 4.99 Å². The van der Waals surface area contributed by atoms with Gasteiger partial charge in [0.05, 0.1) is 16.4 Å². The number of thiazole rings is 1. The molecule has 0 saturated carbocycles. The summed E-state index contributed by atoms with van der Waals surface area (Å²) >= 11 is 13.8. The molecule has 1 N–H and O–H groups in total. The lowest BCUT2D eigenvalue weighted by molar-refractivity contribution is -0.118. The molecule has 30 heavy (non-hydrogen) atoms. The normalized spacial score (nSPS) is 13.0. The van der Waals surface area contributed by atoms with Crippen LogP contribution in [0.4, 0.5) is 5.69 Å². The maximum absolute atomic E-state index is 11.2. The molecule has 0 atom stereocenters. The second-order valence-electron chi connectivity index (χ2n) is 6.67. The molecule has 3 aromatic rings. The number of ether oxygens (including phenoxy) is 2. The standard InChI is InChI=1S/C21H19Cl2N3O3S/c1-13(27)24-7-2-8-26-18(14-3-6-19-20(9-14)29-12-28-19)11-30-21(26)25-17-5-4-15(22)10-16(17)23/h3-6,9-11H,2,7-8,12H2,1H3,(H,24,27)/b25-21-. The van der Waals surface area contributed by atoms with Crippen LogP contribution in [0.2, 0.25) is 10.0 Å². The van der Waals surface area contributed by atoms with Crippen molar-refractivity contribution in [2.45, 2.75) is 19.9 Å². The molecular formula is C21H19Cl2N3O3S. The summed E-state index contributed by atoms with van der Waals surface area (Å²) in [6, 6.07) is 11.1. The van der Waals surface area contributed by atoms with Gasteiger partial charge in [0.2, 0.25) is 12.7 Å². The molecule has 0 fully saturated rings. The molecule has 0 aliphatic carbocycles. The zero-order valence-corrected chi connectivity index (χ0v) is 18.5. The molecule has 9 heteroatoms. The lowest BCUT2D eigenvalue weighted by Gasteiger charge is -2.10. The van der Waals surface area contributed by atoms with Crippen molar-refractivity contribution in [2.75, 3.05) is 13.3 Å². The van der Waals surface area contributed by atoms with Crippen molar-refractivity contribution in [3.8, 4) is 22.8 Å². The number of aromatic nitrogens is 1. The van der Waals surface area contributed by atoms with Crippen LogP contribution in [0, 0.1) is 0 Å². The fraction of sp³-hybridized carbons (Fsp3) is 0.238. The zero-order chi connectivity index (χ0) is 21.1. The van der Waals surface area contributed by atoms with E-state index in [1.165, 1.54) is 18.3 Å². The van der Waals surface area contributed by atoms with Gasteiger partial charge in [0.25, 0.3) is 0 Å². The Morgan fingerprint density at radius 2 is 2.03 bits per heavy atom. The summed E-state index contributed by atoms with van der Waals surface area (Å²) in [7, 11) is 0. The maximum atomic E-state index is 11.2. The third kappa shape index (κ3) is 4.64. The Labute approximate surface area is 187 Å². The molecule has 1 aromatic heterocycles. The van der Waals surface area contributed by atoms with Crippen LogP contribution in [-0.4, -0.2) is 23.8 Å². The van der Waals surface area contributed by atoms with Gasteiger partial charge in [-0.2, -0.15) is 0 Å². The highest BCUT2D eigenvalue weighted by atomic mass is 35.5. The van der Waals surface area contributed by atoms with Crippen molar-refractivity contribution in [3.05, 3.63) is 56.6 Å². The molecular weight excluding hydrogens is 445 g/mol. The highest BCUT2D eigenvalue weighted by Crippen LogP contribution is 2.36. The van der Waals surface area contributed by atoms with E-state index >= 15 is 0 Å². The second-order valence-corrected chi connectivity index (χ2v) is 8.35. The number of benzene rings is 2. The average Bonchev–Trinajstić information content (AvgIpc) is 3.33. The average molecular weight is 464 g/mol. The minimum absolute atomic E-state index is 0.0424. The summed E-state index contributed by atoms with van der Waals surface area (Å²) in [6.45, 7) is 3.01. The summed E-state index contributed by atoms with van der Waals surface area (Å²) in [6.07, 6.45) is 0.759. The first-order valence-electron chi connectivity index (χ1n) is 9.34. The van der Waals surface area contributed by atoms with Crippen LogP contribution < -0.4 is 19.6 Å². The quantitative estimate of drug-likeness (QED) is 0.522. The van der Waals surface area contributed by atoms with E-state index in [-0.39, 0.29) is 12.7 Å². The van der Waals surface area contributed by atoms with Crippen LogP contribution in [0.1, 0.15) is 13.3 Å². The van der Waals surface area contributed by atoms with Crippen molar-refractivity contribution < 1.29 is 14.3 Å². The zero-order valence-electron chi connectivity index (χ0n) is 16.2. The first-order valence-corrected chi connectivity index (χ1v) is 11.0. The molecule has 156 valence electrons. The van der Waals surface area contributed by atoms with E-state index in [1.807, 2.05) is 18.2 Å². The molecule has 2 heterocycles. The highest BCUT2D eigenvalue weighted by molar-refractivity contribution is 7.07. The lowest BCUT2D eigenvalue weighted by Crippen LogP contribution is -2.24. The second kappa shape index (κ2) is 9.12. The summed E-state index contributed by atoms with van der Waals surface area (Å²) in [4.78, 5) is 16.8. The van der Waals surface area contributed by atoms with E-state index in [0.29, 0.717) is 28.8 Å². The lowest BCUT2D eigenvalue weighted by atomic mass is 10.1. The summed E-state index contributed by atoms with van der Waals surface area (Å²) < 4.78 is 13.1. The van der Waals surface area contributed by atoms with Gasteiger partial charge >= 0.3 is 0 Å². The summed E-state index contributed by atoms with van der Waals surface area (Å²) in [5.74, 6) is 1.42. The van der Waals surface area contributed by atoms with Gasteiger partial charge in [-0.1, -0.05) is 23.2 Å². The van der Waals surface area contributed by atoms with Gasteiger partial charge < -0.3 is 19.4 Å². The Morgan fingerprint density at radius 3 is 2.83 bits per heavy atom. The van der Waals surface area contributed by atoms with E-state index in [1.54, 1.807) is 18.2 Å². The van der Waals surface area contributed by atoms with Crippen LogP contribution in [0.5, 0.6) is 11.5 Å². The molecule has 1 amide bonds. The molecule has 1 aliphatic heterocycles. The Morgan fingerprint density at radius 1 is 1.20 bits per heavy atom. The fourth-order valence-electron chi connectivity index (χ4n) is 3.10. The number of fused-ring (bicyclic) bond motifs is 1. The molecule has 0 spiro atoms. The first-order chi connectivity index (χ1) is 14.5. The van der Waals surface area contributed by atoms with E-state index in [4.69, 9.17) is 37.7 Å².